The lowest BCUT2D eigenvalue weighted by molar-refractivity contribution is -0.145. The summed E-state index contributed by atoms with van der Waals surface area (Å²) in [6, 6.07) is 12.7. The van der Waals surface area contributed by atoms with Crippen molar-refractivity contribution in [3.05, 3.63) is 75.4 Å². The molecule has 4 rings (SSSR count). The summed E-state index contributed by atoms with van der Waals surface area (Å²) >= 11 is 6.39. The van der Waals surface area contributed by atoms with Crippen molar-refractivity contribution < 1.29 is 19.1 Å². The lowest BCUT2D eigenvalue weighted by atomic mass is 10.1. The average Bonchev–Trinajstić information content (AvgIpc) is 2.97. The molecule has 2 heterocycles. The Morgan fingerprint density at radius 3 is 2.60 bits per heavy atom. The number of halogens is 1. The third-order valence-corrected chi connectivity index (χ3v) is 5.68. The van der Waals surface area contributed by atoms with Crippen molar-refractivity contribution in [2.75, 3.05) is 6.54 Å². The van der Waals surface area contributed by atoms with E-state index in [0.717, 1.165) is 26.9 Å². The number of imide groups is 1. The molecule has 1 aliphatic rings. The van der Waals surface area contributed by atoms with Crippen LogP contribution in [0.4, 0.5) is 0 Å². The first kappa shape index (κ1) is 20.0. The van der Waals surface area contributed by atoms with Gasteiger partial charge in [0.2, 0.25) is 0 Å². The standard InChI is InChI=1S/C23H19ClN2O4/c1-13-7-8-16-17(11-13)23(29)26(22(16)28)10-9-20(27)30-12-19-21(24)14(2)15-5-3-4-6-18(15)25-19/h3-8,11H,9-10,12H2,1-2H3. The van der Waals surface area contributed by atoms with Gasteiger partial charge in [-0.25, -0.2) is 4.98 Å². The Balaban J connectivity index is 1.40. The van der Waals surface area contributed by atoms with Gasteiger partial charge in [0.15, 0.2) is 0 Å². The molecule has 7 heteroatoms. The quantitative estimate of drug-likeness (QED) is 0.454. The van der Waals surface area contributed by atoms with E-state index in [1.54, 1.807) is 18.2 Å². The number of para-hydroxylation sites is 1. The number of fused-ring (bicyclic) bond motifs is 2. The van der Waals surface area contributed by atoms with E-state index in [0.29, 0.717) is 21.8 Å². The zero-order valence-electron chi connectivity index (χ0n) is 16.6. The SMILES string of the molecule is Cc1ccc2c(c1)C(=O)N(CCC(=O)OCc1nc3ccccc3c(C)c1Cl)C2=O. The molecule has 2 aromatic carbocycles. The van der Waals surface area contributed by atoms with Gasteiger partial charge in [0.25, 0.3) is 11.8 Å². The molecule has 0 unspecified atom stereocenters. The molecule has 0 atom stereocenters. The van der Waals surface area contributed by atoms with Gasteiger partial charge in [0.1, 0.15) is 6.61 Å². The predicted molar refractivity (Wildman–Crippen MR) is 112 cm³/mol. The van der Waals surface area contributed by atoms with Gasteiger partial charge >= 0.3 is 5.97 Å². The van der Waals surface area contributed by atoms with Crippen LogP contribution in [0.25, 0.3) is 10.9 Å². The van der Waals surface area contributed by atoms with Crippen LogP contribution in [0.2, 0.25) is 5.02 Å². The summed E-state index contributed by atoms with van der Waals surface area (Å²) < 4.78 is 5.30. The van der Waals surface area contributed by atoms with Gasteiger partial charge in [-0.05, 0) is 37.6 Å². The van der Waals surface area contributed by atoms with Crippen LogP contribution in [0.15, 0.2) is 42.5 Å². The highest BCUT2D eigenvalue weighted by Crippen LogP contribution is 2.27. The minimum atomic E-state index is -0.536. The summed E-state index contributed by atoms with van der Waals surface area (Å²) in [7, 11) is 0. The molecule has 1 aliphatic heterocycles. The highest BCUT2D eigenvalue weighted by Gasteiger charge is 2.35. The third kappa shape index (κ3) is 3.55. The Morgan fingerprint density at radius 1 is 1.07 bits per heavy atom. The molecular weight excluding hydrogens is 404 g/mol. The molecule has 0 saturated carbocycles. The van der Waals surface area contributed by atoms with E-state index in [1.165, 1.54) is 0 Å². The highest BCUT2D eigenvalue weighted by molar-refractivity contribution is 6.32. The molecule has 0 spiro atoms. The number of amides is 2. The molecule has 3 aromatic rings. The normalized spacial score (nSPS) is 13.1. The smallest absolute Gasteiger partial charge is 0.307 e. The molecule has 0 bridgehead atoms. The maximum Gasteiger partial charge on any atom is 0.307 e. The van der Waals surface area contributed by atoms with Gasteiger partial charge in [-0.3, -0.25) is 19.3 Å². The van der Waals surface area contributed by atoms with Gasteiger partial charge in [-0.15, -0.1) is 0 Å². The Hall–Kier alpha value is -3.25. The van der Waals surface area contributed by atoms with Crippen LogP contribution in [0.3, 0.4) is 0 Å². The van der Waals surface area contributed by atoms with Gasteiger partial charge in [0, 0.05) is 11.9 Å². The molecule has 30 heavy (non-hydrogen) atoms. The number of nitrogens with zero attached hydrogens (tertiary/aromatic N) is 2. The van der Waals surface area contributed by atoms with Crippen molar-refractivity contribution >= 4 is 40.3 Å². The van der Waals surface area contributed by atoms with E-state index in [9.17, 15) is 14.4 Å². The third-order valence-electron chi connectivity index (χ3n) is 5.18. The van der Waals surface area contributed by atoms with E-state index in [4.69, 9.17) is 16.3 Å². The Labute approximate surface area is 178 Å². The first-order valence-corrected chi connectivity index (χ1v) is 9.91. The first-order chi connectivity index (χ1) is 14.4. The number of hydrogen-bond acceptors (Lipinski definition) is 5. The summed E-state index contributed by atoms with van der Waals surface area (Å²) in [5, 5.41) is 1.40. The predicted octanol–water partition coefficient (Wildman–Crippen LogP) is 4.23. The zero-order chi connectivity index (χ0) is 21.4. The Morgan fingerprint density at radius 2 is 1.80 bits per heavy atom. The summed E-state index contributed by atoms with van der Waals surface area (Å²) in [6.45, 7) is 3.63. The van der Waals surface area contributed by atoms with Gasteiger partial charge in [-0.2, -0.15) is 0 Å². The second-order valence-corrected chi connectivity index (χ2v) is 7.61. The molecule has 6 nitrogen and oxygen atoms in total. The van der Waals surface area contributed by atoms with Gasteiger partial charge < -0.3 is 4.74 Å². The summed E-state index contributed by atoms with van der Waals surface area (Å²) in [4.78, 5) is 42.7. The van der Waals surface area contributed by atoms with Crippen LogP contribution in [0.5, 0.6) is 0 Å². The number of hydrogen-bond donors (Lipinski definition) is 0. The Kier molecular flexibility index (Phi) is 5.26. The summed E-state index contributed by atoms with van der Waals surface area (Å²) in [5.41, 5.74) is 3.74. The van der Waals surface area contributed by atoms with E-state index in [2.05, 4.69) is 4.98 Å². The fraction of sp³-hybridized carbons (Fsp3) is 0.217. The maximum atomic E-state index is 12.5. The van der Waals surface area contributed by atoms with E-state index in [-0.39, 0.29) is 25.5 Å². The van der Waals surface area contributed by atoms with E-state index >= 15 is 0 Å². The molecule has 1 aromatic heterocycles. The number of rotatable bonds is 5. The molecule has 0 radical (unpaired) electrons. The van der Waals surface area contributed by atoms with E-state index in [1.807, 2.05) is 38.1 Å². The minimum Gasteiger partial charge on any atom is -0.459 e. The van der Waals surface area contributed by atoms with Crippen molar-refractivity contribution in [1.29, 1.82) is 0 Å². The average molecular weight is 423 g/mol. The highest BCUT2D eigenvalue weighted by atomic mass is 35.5. The van der Waals surface area contributed by atoms with Crippen LogP contribution in [-0.2, 0) is 16.1 Å². The van der Waals surface area contributed by atoms with Crippen molar-refractivity contribution in [2.45, 2.75) is 26.9 Å². The van der Waals surface area contributed by atoms with Crippen LogP contribution in [0, 0.1) is 13.8 Å². The van der Waals surface area contributed by atoms with Crippen molar-refractivity contribution in [1.82, 2.24) is 9.88 Å². The number of aryl methyl sites for hydroxylation is 2. The molecule has 0 N–H and O–H groups in total. The fourth-order valence-corrected chi connectivity index (χ4v) is 3.74. The van der Waals surface area contributed by atoms with Crippen LogP contribution >= 0.6 is 11.6 Å². The summed E-state index contributed by atoms with van der Waals surface area (Å²) in [5.74, 6) is -1.31. The molecular formula is C23H19ClN2O4. The van der Waals surface area contributed by atoms with Gasteiger partial charge in [-0.1, -0.05) is 41.4 Å². The zero-order valence-corrected chi connectivity index (χ0v) is 17.3. The number of aromatic nitrogens is 1. The largest absolute Gasteiger partial charge is 0.459 e. The fourth-order valence-electron chi connectivity index (χ4n) is 3.54. The topological polar surface area (TPSA) is 76.6 Å². The van der Waals surface area contributed by atoms with Crippen LogP contribution in [0.1, 0.15) is 44.0 Å². The number of pyridine rings is 1. The lowest BCUT2D eigenvalue weighted by Gasteiger charge is -2.14. The molecule has 0 fully saturated rings. The second-order valence-electron chi connectivity index (χ2n) is 7.24. The molecule has 2 amide bonds. The Bertz CT molecular complexity index is 1210. The van der Waals surface area contributed by atoms with Crippen LogP contribution < -0.4 is 0 Å². The monoisotopic (exact) mass is 422 g/mol. The lowest BCUT2D eigenvalue weighted by Crippen LogP contribution is -2.32. The van der Waals surface area contributed by atoms with Gasteiger partial charge in [0.05, 0.1) is 33.8 Å². The van der Waals surface area contributed by atoms with E-state index < -0.39 is 11.9 Å². The molecule has 0 aliphatic carbocycles. The number of esters is 1. The molecule has 0 saturated heterocycles. The van der Waals surface area contributed by atoms with Crippen molar-refractivity contribution in [3.63, 3.8) is 0 Å². The minimum absolute atomic E-state index is 0.0395. The maximum absolute atomic E-state index is 12.5. The number of benzene rings is 2. The first-order valence-electron chi connectivity index (χ1n) is 9.53. The van der Waals surface area contributed by atoms with Crippen LogP contribution in [-0.4, -0.2) is 34.2 Å². The van der Waals surface area contributed by atoms with Crippen molar-refractivity contribution in [2.24, 2.45) is 0 Å². The molecule has 152 valence electrons. The second kappa shape index (κ2) is 7.88. The van der Waals surface area contributed by atoms with Crippen molar-refractivity contribution in [3.8, 4) is 0 Å². The number of carbonyl (C=O) groups excluding carboxylic acids is 3. The number of carbonyl (C=O) groups is 3. The number of ether oxygens (including phenoxy) is 1. The summed E-state index contributed by atoms with van der Waals surface area (Å²) in [6.07, 6.45) is -0.103.